The Morgan fingerprint density at radius 2 is 1.04 bits per heavy atom. The van der Waals surface area contributed by atoms with Crippen LogP contribution in [-0.2, 0) is 35.9 Å². The molecule has 2 aromatic rings. The molecule has 2 aromatic carbocycles. The summed E-state index contributed by atoms with van der Waals surface area (Å²) < 4.78 is 11.4. The normalized spacial score (nSPS) is 12.9. The van der Waals surface area contributed by atoms with E-state index in [2.05, 4.69) is 98.8 Å². The Hall–Kier alpha value is -0.171. The van der Waals surface area contributed by atoms with Gasteiger partial charge in [-0.25, -0.2) is 0 Å². The first-order chi connectivity index (χ1) is 10.8. The van der Waals surface area contributed by atoms with Crippen molar-refractivity contribution in [1.29, 1.82) is 0 Å². The average molecular weight is 382 g/mol. The topological polar surface area (TPSA) is 9.23 Å². The maximum atomic E-state index is 7.30. The SMILES string of the molecule is C[CH](C)[Ti]([CH3])([CH3])[O][Ti]([c]1ccccc1)([c]1ccccc1)[CH](C)C. The molecule has 3 heteroatoms. The molecule has 0 aromatic heterocycles. The molecule has 0 N–H and O–H groups in total. The van der Waals surface area contributed by atoms with Crippen LogP contribution in [0.1, 0.15) is 27.7 Å². The summed E-state index contributed by atoms with van der Waals surface area (Å²) in [5.74, 6) is 0. The standard InChI is InChI=1S/2C6H5.2C3H7.2CH3.O.2Ti/c2*1-2-4-6-5-3-1;2*1-3-2;;;;;/h2*1-5H;2*3H,1-2H3;2*1H3;;;. The monoisotopic (exact) mass is 382 g/mol. The Kier molecular flexibility index (Phi) is 6.50. The Bertz CT molecular complexity index is 567. The molecule has 1 nitrogen and oxygen atoms in total. The number of hydrogen-bond acceptors (Lipinski definition) is 1. The zero-order valence-electron chi connectivity index (χ0n) is 15.3. The molecule has 0 saturated carbocycles. The second-order valence-corrected chi connectivity index (χ2v) is 21.8. The fraction of sp³-hybridized carbons (Fsp3) is 0.400. The summed E-state index contributed by atoms with van der Waals surface area (Å²) in [7, 11) is 0. The molecule has 0 aliphatic carbocycles. The second-order valence-electron chi connectivity index (χ2n) is 7.48. The molecule has 124 valence electrons. The van der Waals surface area contributed by atoms with Crippen molar-refractivity contribution in [3.05, 3.63) is 60.7 Å². The van der Waals surface area contributed by atoms with Gasteiger partial charge in [-0.15, -0.1) is 0 Å². The van der Waals surface area contributed by atoms with Gasteiger partial charge in [-0.1, -0.05) is 0 Å². The van der Waals surface area contributed by atoms with E-state index >= 15 is 0 Å². The van der Waals surface area contributed by atoms with Crippen molar-refractivity contribution in [2.45, 2.75) is 46.6 Å². The summed E-state index contributed by atoms with van der Waals surface area (Å²) in [6.45, 7) is 9.39. The molecule has 23 heavy (non-hydrogen) atoms. The zero-order valence-corrected chi connectivity index (χ0v) is 18.5. The van der Waals surface area contributed by atoms with Gasteiger partial charge in [-0.2, -0.15) is 0 Å². The van der Waals surface area contributed by atoms with Crippen molar-refractivity contribution in [3.8, 4) is 0 Å². The Balaban J connectivity index is 2.67. The summed E-state index contributed by atoms with van der Waals surface area (Å²) in [4.78, 5) is 0. The van der Waals surface area contributed by atoms with Crippen LogP contribution < -0.4 is 7.74 Å². The molecule has 2 rings (SSSR count). The van der Waals surface area contributed by atoms with E-state index in [0.717, 1.165) is 0 Å². The van der Waals surface area contributed by atoms with Crippen LogP contribution in [0.15, 0.2) is 60.7 Å². The van der Waals surface area contributed by atoms with Crippen LogP contribution in [0.4, 0.5) is 0 Å². The van der Waals surface area contributed by atoms with Gasteiger partial charge in [0.15, 0.2) is 0 Å². The summed E-state index contributed by atoms with van der Waals surface area (Å²) in [6, 6.07) is 22.1. The van der Waals surface area contributed by atoms with Crippen molar-refractivity contribution in [1.82, 2.24) is 0 Å². The fourth-order valence-electron chi connectivity index (χ4n) is 2.97. The third kappa shape index (κ3) is 4.09. The van der Waals surface area contributed by atoms with Crippen LogP contribution in [0, 0.1) is 0 Å². The molecule has 0 fully saturated rings. The molecule has 0 saturated heterocycles. The Morgan fingerprint density at radius 3 is 1.35 bits per heavy atom. The molecule has 0 atom stereocenters. The van der Waals surface area contributed by atoms with E-state index in [1.165, 1.54) is 7.74 Å². The van der Waals surface area contributed by atoms with Gasteiger partial charge in [0.1, 0.15) is 0 Å². The molecular formula is C20H30OTi2. The average Bonchev–Trinajstić information content (AvgIpc) is 2.54. The van der Waals surface area contributed by atoms with E-state index < -0.39 is 34.0 Å². The number of hydrogen-bond donors (Lipinski definition) is 0. The molecule has 0 amide bonds. The van der Waals surface area contributed by atoms with Crippen molar-refractivity contribution in [2.75, 3.05) is 0 Å². The van der Waals surface area contributed by atoms with Crippen LogP contribution in [0.5, 0.6) is 0 Å². The van der Waals surface area contributed by atoms with Gasteiger partial charge in [0.2, 0.25) is 0 Å². The molecule has 0 bridgehead atoms. The first kappa shape index (κ1) is 19.2. The zero-order chi connectivity index (χ0) is 17.1. The van der Waals surface area contributed by atoms with Crippen LogP contribution in [0.2, 0.25) is 18.9 Å². The van der Waals surface area contributed by atoms with Crippen molar-refractivity contribution < 1.29 is 35.9 Å². The van der Waals surface area contributed by atoms with Crippen LogP contribution in [0.3, 0.4) is 0 Å². The van der Waals surface area contributed by atoms with Gasteiger partial charge in [-0.3, -0.25) is 0 Å². The van der Waals surface area contributed by atoms with Crippen molar-refractivity contribution in [3.63, 3.8) is 0 Å². The van der Waals surface area contributed by atoms with Gasteiger partial charge >= 0.3 is 151 Å². The van der Waals surface area contributed by atoms with Gasteiger partial charge < -0.3 is 0 Å². The van der Waals surface area contributed by atoms with Crippen molar-refractivity contribution in [2.24, 2.45) is 0 Å². The van der Waals surface area contributed by atoms with Crippen LogP contribution in [-0.4, -0.2) is 0 Å². The molecule has 0 heterocycles. The Morgan fingerprint density at radius 1 is 0.652 bits per heavy atom. The van der Waals surface area contributed by atoms with E-state index in [-0.39, 0.29) is 0 Å². The molecule has 0 aliphatic rings. The van der Waals surface area contributed by atoms with Crippen LogP contribution in [0.25, 0.3) is 0 Å². The van der Waals surface area contributed by atoms with E-state index in [9.17, 15) is 0 Å². The molecule has 0 radical (unpaired) electrons. The minimum absolute atomic E-state index is 0.545. The van der Waals surface area contributed by atoms with Gasteiger partial charge in [0, 0.05) is 0 Å². The quantitative estimate of drug-likeness (QED) is 0.596. The van der Waals surface area contributed by atoms with E-state index in [4.69, 9.17) is 1.90 Å². The van der Waals surface area contributed by atoms with E-state index in [0.29, 0.717) is 8.45 Å². The van der Waals surface area contributed by atoms with E-state index in [1.807, 2.05) is 0 Å². The predicted octanol–water partition coefficient (Wildman–Crippen LogP) is 5.54. The summed E-state index contributed by atoms with van der Waals surface area (Å²) in [5, 5.41) is 4.86. The first-order valence-corrected chi connectivity index (χ1v) is 16.4. The first-order valence-electron chi connectivity index (χ1n) is 8.62. The number of rotatable bonds is 6. The Labute approximate surface area is 150 Å². The van der Waals surface area contributed by atoms with Gasteiger partial charge in [-0.05, 0) is 0 Å². The summed E-state index contributed by atoms with van der Waals surface area (Å²) in [5.41, 5.74) is 0. The predicted molar refractivity (Wildman–Crippen MR) is 95.2 cm³/mol. The molecule has 0 aliphatic heterocycles. The third-order valence-electron chi connectivity index (χ3n) is 5.03. The van der Waals surface area contributed by atoms with Gasteiger partial charge in [0.05, 0.1) is 0 Å². The third-order valence-corrected chi connectivity index (χ3v) is 22.4. The second kappa shape index (κ2) is 7.81. The molecule has 0 spiro atoms. The van der Waals surface area contributed by atoms with Crippen LogP contribution >= 0.6 is 0 Å². The molecule has 0 unspecified atom stereocenters. The minimum atomic E-state index is -2.90. The maximum absolute atomic E-state index is 7.30. The van der Waals surface area contributed by atoms with Crippen molar-refractivity contribution >= 4 is 7.74 Å². The van der Waals surface area contributed by atoms with Gasteiger partial charge in [0.25, 0.3) is 0 Å². The molecular weight excluding hydrogens is 352 g/mol. The number of benzene rings is 2. The summed E-state index contributed by atoms with van der Waals surface area (Å²) >= 11 is -5.22. The van der Waals surface area contributed by atoms with E-state index in [1.54, 1.807) is 0 Å². The fourth-order valence-corrected chi connectivity index (χ4v) is 20.0. The summed E-state index contributed by atoms with van der Waals surface area (Å²) in [6.07, 6.45) is 0.